The van der Waals surface area contributed by atoms with Crippen molar-refractivity contribution in [2.45, 2.75) is 19.8 Å². The standard InChI is InChI=1S/C17H17ClN2O2/c1-12-6-2-4-8-14(12)17(22)20-19-16(21)11-10-13-7-3-5-9-15(13)18/h2-9H,10-11H2,1H3,(H,19,21)(H,20,22). The maximum absolute atomic E-state index is 12.0. The number of hydrazine groups is 1. The molecule has 0 aromatic heterocycles. The van der Waals surface area contributed by atoms with E-state index < -0.39 is 0 Å². The summed E-state index contributed by atoms with van der Waals surface area (Å²) in [4.78, 5) is 23.7. The largest absolute Gasteiger partial charge is 0.273 e. The molecular formula is C17H17ClN2O2. The number of amides is 2. The van der Waals surface area contributed by atoms with Crippen LogP contribution in [-0.4, -0.2) is 11.8 Å². The van der Waals surface area contributed by atoms with Crippen LogP contribution in [-0.2, 0) is 11.2 Å². The van der Waals surface area contributed by atoms with Gasteiger partial charge in [0, 0.05) is 17.0 Å². The molecule has 5 heteroatoms. The molecule has 0 aliphatic rings. The van der Waals surface area contributed by atoms with Crippen molar-refractivity contribution >= 4 is 23.4 Å². The molecule has 0 fully saturated rings. The Labute approximate surface area is 134 Å². The molecule has 0 spiro atoms. The number of hydrogen-bond acceptors (Lipinski definition) is 2. The monoisotopic (exact) mass is 316 g/mol. The van der Waals surface area contributed by atoms with E-state index in [4.69, 9.17) is 11.6 Å². The molecule has 2 N–H and O–H groups in total. The van der Waals surface area contributed by atoms with Crippen LogP contribution >= 0.6 is 11.6 Å². The van der Waals surface area contributed by atoms with E-state index in [1.807, 2.05) is 37.3 Å². The van der Waals surface area contributed by atoms with Crippen LogP contribution in [0.25, 0.3) is 0 Å². The Balaban J connectivity index is 1.82. The van der Waals surface area contributed by atoms with Gasteiger partial charge in [0.05, 0.1) is 0 Å². The third kappa shape index (κ3) is 4.33. The second-order valence-electron chi connectivity index (χ2n) is 4.91. The molecule has 22 heavy (non-hydrogen) atoms. The van der Waals surface area contributed by atoms with E-state index in [0.717, 1.165) is 11.1 Å². The van der Waals surface area contributed by atoms with Gasteiger partial charge < -0.3 is 0 Å². The first-order chi connectivity index (χ1) is 10.6. The molecule has 0 saturated heterocycles. The highest BCUT2D eigenvalue weighted by atomic mass is 35.5. The number of nitrogens with one attached hydrogen (secondary N) is 2. The molecule has 2 rings (SSSR count). The predicted molar refractivity (Wildman–Crippen MR) is 86.6 cm³/mol. The number of hydrogen-bond donors (Lipinski definition) is 2. The number of rotatable bonds is 4. The van der Waals surface area contributed by atoms with E-state index in [2.05, 4.69) is 10.9 Å². The molecule has 0 radical (unpaired) electrons. The molecular weight excluding hydrogens is 300 g/mol. The zero-order valence-corrected chi connectivity index (χ0v) is 13.0. The Morgan fingerprint density at radius 3 is 2.41 bits per heavy atom. The van der Waals surface area contributed by atoms with Crippen molar-refractivity contribution < 1.29 is 9.59 Å². The number of carbonyl (C=O) groups is 2. The van der Waals surface area contributed by atoms with Crippen molar-refractivity contribution in [1.82, 2.24) is 10.9 Å². The van der Waals surface area contributed by atoms with E-state index in [-0.39, 0.29) is 18.2 Å². The summed E-state index contributed by atoms with van der Waals surface area (Å²) in [5, 5.41) is 0.638. The highest BCUT2D eigenvalue weighted by Crippen LogP contribution is 2.16. The van der Waals surface area contributed by atoms with E-state index in [1.165, 1.54) is 0 Å². The van der Waals surface area contributed by atoms with Gasteiger partial charge in [0.25, 0.3) is 5.91 Å². The third-order valence-electron chi connectivity index (χ3n) is 3.28. The van der Waals surface area contributed by atoms with Crippen molar-refractivity contribution in [2.24, 2.45) is 0 Å². The molecule has 4 nitrogen and oxygen atoms in total. The second kappa shape index (κ2) is 7.61. The molecule has 0 heterocycles. The lowest BCUT2D eigenvalue weighted by Crippen LogP contribution is -2.41. The summed E-state index contributed by atoms with van der Waals surface area (Å²) >= 11 is 6.03. The predicted octanol–water partition coefficient (Wildman–Crippen LogP) is 3.04. The van der Waals surface area contributed by atoms with Gasteiger partial charge in [-0.3, -0.25) is 20.4 Å². The van der Waals surface area contributed by atoms with Gasteiger partial charge in [-0.1, -0.05) is 48.0 Å². The average Bonchev–Trinajstić information content (AvgIpc) is 2.52. The minimum Gasteiger partial charge on any atom is -0.273 e. The van der Waals surface area contributed by atoms with Crippen molar-refractivity contribution in [3.05, 3.63) is 70.2 Å². The summed E-state index contributed by atoms with van der Waals surface area (Å²) < 4.78 is 0. The Bertz CT molecular complexity index is 686. The smallest absolute Gasteiger partial charge is 0.269 e. The minimum absolute atomic E-state index is 0.248. The number of carbonyl (C=O) groups excluding carboxylic acids is 2. The fourth-order valence-electron chi connectivity index (χ4n) is 2.03. The van der Waals surface area contributed by atoms with Crippen LogP contribution in [0.3, 0.4) is 0 Å². The summed E-state index contributed by atoms with van der Waals surface area (Å²) in [6, 6.07) is 14.6. The summed E-state index contributed by atoms with van der Waals surface area (Å²) in [5.74, 6) is -0.592. The third-order valence-corrected chi connectivity index (χ3v) is 3.65. The molecule has 0 saturated carbocycles. The van der Waals surface area contributed by atoms with Gasteiger partial charge >= 0.3 is 0 Å². The molecule has 2 amide bonds. The van der Waals surface area contributed by atoms with Crippen molar-refractivity contribution in [3.8, 4) is 0 Å². The summed E-state index contributed by atoms with van der Waals surface area (Å²) in [7, 11) is 0. The molecule has 0 atom stereocenters. The molecule has 0 aliphatic carbocycles. The Morgan fingerprint density at radius 1 is 1.00 bits per heavy atom. The van der Waals surface area contributed by atoms with E-state index >= 15 is 0 Å². The van der Waals surface area contributed by atoms with Crippen molar-refractivity contribution in [1.29, 1.82) is 0 Å². The molecule has 0 unspecified atom stereocenters. The van der Waals surface area contributed by atoms with Crippen LogP contribution in [0.4, 0.5) is 0 Å². The van der Waals surface area contributed by atoms with Gasteiger partial charge in [-0.2, -0.15) is 0 Å². The van der Waals surface area contributed by atoms with Gasteiger partial charge in [0.15, 0.2) is 0 Å². The first-order valence-corrected chi connectivity index (χ1v) is 7.34. The van der Waals surface area contributed by atoms with Crippen molar-refractivity contribution in [3.63, 3.8) is 0 Å². The van der Waals surface area contributed by atoms with E-state index in [1.54, 1.807) is 18.2 Å². The van der Waals surface area contributed by atoms with Gasteiger partial charge in [0.1, 0.15) is 0 Å². The first kappa shape index (κ1) is 16.0. The second-order valence-corrected chi connectivity index (χ2v) is 5.32. The Kier molecular flexibility index (Phi) is 5.55. The maximum atomic E-state index is 12.0. The lowest BCUT2D eigenvalue weighted by Gasteiger charge is -2.09. The van der Waals surface area contributed by atoms with Crippen LogP contribution in [0.2, 0.25) is 5.02 Å². The fraction of sp³-hybridized carbons (Fsp3) is 0.176. The van der Waals surface area contributed by atoms with Crippen LogP contribution in [0, 0.1) is 6.92 Å². The SMILES string of the molecule is Cc1ccccc1C(=O)NNC(=O)CCc1ccccc1Cl. The Morgan fingerprint density at radius 2 is 1.68 bits per heavy atom. The minimum atomic E-state index is -0.329. The fourth-order valence-corrected chi connectivity index (χ4v) is 2.26. The average molecular weight is 317 g/mol. The zero-order chi connectivity index (χ0) is 15.9. The number of aryl methyl sites for hydroxylation is 2. The molecule has 2 aromatic carbocycles. The molecule has 0 aliphatic heterocycles. The topological polar surface area (TPSA) is 58.2 Å². The lowest BCUT2D eigenvalue weighted by molar-refractivity contribution is -0.121. The van der Waals surface area contributed by atoms with Crippen molar-refractivity contribution in [2.75, 3.05) is 0 Å². The Hall–Kier alpha value is -2.33. The molecule has 114 valence electrons. The lowest BCUT2D eigenvalue weighted by atomic mass is 10.1. The van der Waals surface area contributed by atoms with Gasteiger partial charge in [-0.05, 0) is 36.6 Å². The summed E-state index contributed by atoms with van der Waals surface area (Å²) in [6.07, 6.45) is 0.767. The van der Waals surface area contributed by atoms with Crippen LogP contribution < -0.4 is 10.9 Å². The van der Waals surface area contributed by atoms with Crippen LogP contribution in [0.1, 0.15) is 27.9 Å². The highest BCUT2D eigenvalue weighted by molar-refractivity contribution is 6.31. The molecule has 2 aromatic rings. The van der Waals surface area contributed by atoms with Gasteiger partial charge in [-0.25, -0.2) is 0 Å². The highest BCUT2D eigenvalue weighted by Gasteiger charge is 2.09. The van der Waals surface area contributed by atoms with Crippen LogP contribution in [0.15, 0.2) is 48.5 Å². The van der Waals surface area contributed by atoms with Gasteiger partial charge in [-0.15, -0.1) is 0 Å². The van der Waals surface area contributed by atoms with E-state index in [0.29, 0.717) is 17.0 Å². The number of halogens is 1. The first-order valence-electron chi connectivity index (χ1n) is 6.96. The summed E-state index contributed by atoms with van der Waals surface area (Å²) in [5.41, 5.74) is 7.13. The summed E-state index contributed by atoms with van der Waals surface area (Å²) in [6.45, 7) is 1.84. The zero-order valence-electron chi connectivity index (χ0n) is 12.2. The maximum Gasteiger partial charge on any atom is 0.269 e. The number of benzene rings is 2. The molecule has 0 bridgehead atoms. The van der Waals surface area contributed by atoms with Crippen LogP contribution in [0.5, 0.6) is 0 Å². The normalized spacial score (nSPS) is 10.1. The quantitative estimate of drug-likeness (QED) is 0.852. The van der Waals surface area contributed by atoms with Gasteiger partial charge in [0.2, 0.25) is 5.91 Å². The van der Waals surface area contributed by atoms with E-state index in [9.17, 15) is 9.59 Å².